The Bertz CT molecular complexity index is 615. The van der Waals surface area contributed by atoms with Crippen LogP contribution in [0.4, 0.5) is 5.69 Å². The van der Waals surface area contributed by atoms with E-state index < -0.39 is 0 Å². The second kappa shape index (κ2) is 6.71. The lowest BCUT2D eigenvalue weighted by Gasteiger charge is -2.26. The average molecular weight is 295 g/mol. The summed E-state index contributed by atoms with van der Waals surface area (Å²) >= 11 is 0. The molecule has 0 aliphatic carbocycles. The minimum absolute atomic E-state index is 0.0293. The van der Waals surface area contributed by atoms with E-state index in [0.717, 1.165) is 31.7 Å². The fourth-order valence-corrected chi connectivity index (χ4v) is 3.03. The predicted octanol–water partition coefficient (Wildman–Crippen LogP) is 2.71. The summed E-state index contributed by atoms with van der Waals surface area (Å²) in [5.41, 5.74) is 2.19. The number of para-hydroxylation sites is 1. The van der Waals surface area contributed by atoms with Crippen LogP contribution in [0.2, 0.25) is 0 Å². The number of amides is 1. The molecule has 114 valence electrons. The lowest BCUT2D eigenvalue weighted by Crippen LogP contribution is -2.41. The highest BCUT2D eigenvalue weighted by Crippen LogP contribution is 2.25. The van der Waals surface area contributed by atoms with Gasteiger partial charge in [0.05, 0.1) is 6.04 Å². The Kier molecular flexibility index (Phi) is 4.49. The smallest absolute Gasteiger partial charge is 0.244 e. The Morgan fingerprint density at radius 3 is 2.59 bits per heavy atom. The van der Waals surface area contributed by atoms with Crippen LogP contribution in [0.25, 0.3) is 0 Å². The highest BCUT2D eigenvalue weighted by Gasteiger charge is 2.35. The molecule has 1 amide bonds. The molecule has 1 fully saturated rings. The molecule has 0 unspecified atom stereocenters. The molecule has 2 aromatic rings. The molecule has 3 rings (SSSR count). The molecule has 4 heteroatoms. The average Bonchev–Trinajstić information content (AvgIpc) is 2.96. The Hall–Kier alpha value is -2.20. The Labute approximate surface area is 131 Å². The van der Waals surface area contributed by atoms with Crippen LogP contribution in [0.3, 0.4) is 0 Å². The van der Waals surface area contributed by atoms with Crippen molar-refractivity contribution in [1.29, 1.82) is 0 Å². The van der Waals surface area contributed by atoms with Gasteiger partial charge in [0.15, 0.2) is 0 Å². The van der Waals surface area contributed by atoms with Gasteiger partial charge in [-0.2, -0.15) is 0 Å². The monoisotopic (exact) mass is 295 g/mol. The molecule has 22 heavy (non-hydrogen) atoms. The van der Waals surface area contributed by atoms with E-state index in [-0.39, 0.29) is 11.9 Å². The van der Waals surface area contributed by atoms with Crippen molar-refractivity contribution in [1.82, 2.24) is 9.88 Å². The lowest BCUT2D eigenvalue weighted by molar-refractivity contribution is -0.121. The van der Waals surface area contributed by atoms with Crippen LogP contribution in [0.15, 0.2) is 54.9 Å². The van der Waals surface area contributed by atoms with E-state index in [1.807, 2.05) is 47.4 Å². The van der Waals surface area contributed by atoms with Crippen molar-refractivity contribution in [2.24, 2.45) is 0 Å². The first-order valence-electron chi connectivity index (χ1n) is 7.79. The number of likely N-dealkylation sites (N-methyl/N-ethyl adjacent to an activating group) is 1. The van der Waals surface area contributed by atoms with Gasteiger partial charge >= 0.3 is 0 Å². The first-order chi connectivity index (χ1) is 10.8. The predicted molar refractivity (Wildman–Crippen MR) is 87.5 cm³/mol. The van der Waals surface area contributed by atoms with Gasteiger partial charge in [-0.25, -0.2) is 0 Å². The number of aromatic nitrogens is 1. The van der Waals surface area contributed by atoms with Gasteiger partial charge in [-0.05, 0) is 42.8 Å². The molecule has 2 heterocycles. The number of hydrogen-bond acceptors (Lipinski definition) is 3. The molecule has 1 atom stereocenters. The fraction of sp³-hybridized carbons (Fsp3) is 0.333. The molecule has 0 bridgehead atoms. The number of nitrogens with zero attached hydrogens (tertiary/aromatic N) is 3. The summed E-state index contributed by atoms with van der Waals surface area (Å²) in [6.07, 6.45) is 4.48. The van der Waals surface area contributed by atoms with Gasteiger partial charge in [-0.15, -0.1) is 0 Å². The number of benzene rings is 1. The molecule has 1 aliphatic rings. The molecule has 1 aromatic carbocycles. The third kappa shape index (κ3) is 3.02. The van der Waals surface area contributed by atoms with Gasteiger partial charge in [-0.1, -0.05) is 25.1 Å². The summed E-state index contributed by atoms with van der Waals surface area (Å²) in [5, 5.41) is 0. The number of pyridine rings is 1. The molecule has 1 aliphatic heterocycles. The van der Waals surface area contributed by atoms with E-state index >= 15 is 0 Å². The highest BCUT2D eigenvalue weighted by molar-refractivity contribution is 5.99. The maximum Gasteiger partial charge on any atom is 0.244 e. The van der Waals surface area contributed by atoms with E-state index in [0.29, 0.717) is 0 Å². The van der Waals surface area contributed by atoms with Gasteiger partial charge < -0.3 is 4.90 Å². The summed E-state index contributed by atoms with van der Waals surface area (Å²) in [6, 6.07) is 13.9. The van der Waals surface area contributed by atoms with Crippen LogP contribution in [0, 0.1) is 0 Å². The SMILES string of the molecule is CCN(Cc1ccncc1)[C@H]1CCN(c2ccccc2)C1=O. The maximum atomic E-state index is 12.8. The van der Waals surface area contributed by atoms with Crippen LogP contribution in [-0.2, 0) is 11.3 Å². The van der Waals surface area contributed by atoms with Crippen LogP contribution >= 0.6 is 0 Å². The fourth-order valence-electron chi connectivity index (χ4n) is 3.03. The molecule has 0 N–H and O–H groups in total. The molecule has 0 spiro atoms. The number of hydrogen-bond donors (Lipinski definition) is 0. The second-order valence-corrected chi connectivity index (χ2v) is 5.55. The van der Waals surface area contributed by atoms with E-state index in [1.165, 1.54) is 5.56 Å². The highest BCUT2D eigenvalue weighted by atomic mass is 16.2. The van der Waals surface area contributed by atoms with E-state index in [1.54, 1.807) is 12.4 Å². The number of carbonyl (C=O) groups is 1. The summed E-state index contributed by atoms with van der Waals surface area (Å²) in [7, 11) is 0. The number of carbonyl (C=O) groups excluding carboxylic acids is 1. The molecule has 1 aromatic heterocycles. The summed E-state index contributed by atoms with van der Waals surface area (Å²) < 4.78 is 0. The summed E-state index contributed by atoms with van der Waals surface area (Å²) in [6.45, 7) is 4.55. The molecule has 1 saturated heterocycles. The first kappa shape index (κ1) is 14.7. The van der Waals surface area contributed by atoms with Crippen LogP contribution in [-0.4, -0.2) is 34.9 Å². The molecule has 0 radical (unpaired) electrons. The van der Waals surface area contributed by atoms with E-state index in [2.05, 4.69) is 16.8 Å². The quantitative estimate of drug-likeness (QED) is 0.851. The summed E-state index contributed by atoms with van der Waals surface area (Å²) in [5.74, 6) is 0.210. The third-order valence-electron chi connectivity index (χ3n) is 4.23. The lowest BCUT2D eigenvalue weighted by atomic mass is 10.1. The standard InChI is InChI=1S/C18H21N3O/c1-2-20(14-15-8-11-19-12-9-15)17-10-13-21(18(17)22)16-6-4-3-5-7-16/h3-9,11-12,17H,2,10,13-14H2,1H3/t17-/m0/s1. The van der Waals surface area contributed by atoms with Crippen molar-refractivity contribution >= 4 is 11.6 Å². The van der Waals surface area contributed by atoms with Crippen molar-refractivity contribution < 1.29 is 4.79 Å². The minimum Gasteiger partial charge on any atom is -0.311 e. The zero-order chi connectivity index (χ0) is 15.4. The van der Waals surface area contributed by atoms with Gasteiger partial charge in [0, 0.05) is 31.2 Å². The van der Waals surface area contributed by atoms with E-state index in [9.17, 15) is 4.79 Å². The van der Waals surface area contributed by atoms with Crippen molar-refractivity contribution in [2.75, 3.05) is 18.0 Å². The molecular weight excluding hydrogens is 274 g/mol. The second-order valence-electron chi connectivity index (χ2n) is 5.55. The third-order valence-corrected chi connectivity index (χ3v) is 4.23. The summed E-state index contributed by atoms with van der Waals surface area (Å²) in [4.78, 5) is 21.0. The topological polar surface area (TPSA) is 36.4 Å². The van der Waals surface area contributed by atoms with Crippen molar-refractivity contribution in [3.63, 3.8) is 0 Å². The Morgan fingerprint density at radius 1 is 1.18 bits per heavy atom. The van der Waals surface area contributed by atoms with E-state index in [4.69, 9.17) is 0 Å². The largest absolute Gasteiger partial charge is 0.311 e. The zero-order valence-electron chi connectivity index (χ0n) is 12.9. The first-order valence-corrected chi connectivity index (χ1v) is 7.79. The molecule has 0 saturated carbocycles. The van der Waals surface area contributed by atoms with Crippen LogP contribution in [0.1, 0.15) is 18.9 Å². The maximum absolute atomic E-state index is 12.8. The Morgan fingerprint density at radius 2 is 1.91 bits per heavy atom. The van der Waals surface area contributed by atoms with Crippen molar-refractivity contribution in [3.8, 4) is 0 Å². The van der Waals surface area contributed by atoms with Crippen molar-refractivity contribution in [2.45, 2.75) is 25.9 Å². The number of rotatable bonds is 5. The van der Waals surface area contributed by atoms with Crippen molar-refractivity contribution in [3.05, 3.63) is 60.4 Å². The van der Waals surface area contributed by atoms with Crippen LogP contribution in [0.5, 0.6) is 0 Å². The van der Waals surface area contributed by atoms with Gasteiger partial charge in [0.25, 0.3) is 0 Å². The zero-order valence-corrected chi connectivity index (χ0v) is 12.9. The van der Waals surface area contributed by atoms with Gasteiger partial charge in [-0.3, -0.25) is 14.7 Å². The number of anilines is 1. The van der Waals surface area contributed by atoms with Crippen LogP contribution < -0.4 is 4.90 Å². The van der Waals surface area contributed by atoms with Gasteiger partial charge in [0.2, 0.25) is 5.91 Å². The van der Waals surface area contributed by atoms with Gasteiger partial charge in [0.1, 0.15) is 0 Å². The molecule has 4 nitrogen and oxygen atoms in total. The minimum atomic E-state index is -0.0293. The Balaban J connectivity index is 1.73. The normalized spacial score (nSPS) is 18.2. The molecular formula is C18H21N3O.